The van der Waals surface area contributed by atoms with Gasteiger partial charge in [-0.3, -0.25) is 0 Å². The highest BCUT2D eigenvalue weighted by Gasteiger charge is 2.20. The molecule has 0 fully saturated rings. The molecule has 0 spiro atoms. The fourth-order valence-electron chi connectivity index (χ4n) is 2.77. The highest BCUT2D eigenvalue weighted by molar-refractivity contribution is 5.74. The van der Waals surface area contributed by atoms with E-state index in [-0.39, 0.29) is 12.1 Å². The molecule has 2 aromatic carbocycles. The molecule has 2 aromatic rings. The van der Waals surface area contributed by atoms with Gasteiger partial charge in [-0.2, -0.15) is 0 Å². The van der Waals surface area contributed by atoms with Crippen molar-refractivity contribution in [1.82, 2.24) is 10.2 Å². The molecule has 140 valence electrons. The van der Waals surface area contributed by atoms with E-state index < -0.39 is 0 Å². The zero-order valence-electron chi connectivity index (χ0n) is 16.0. The van der Waals surface area contributed by atoms with Crippen molar-refractivity contribution in [3.8, 4) is 5.75 Å². The van der Waals surface area contributed by atoms with Crippen molar-refractivity contribution in [3.05, 3.63) is 65.2 Å². The summed E-state index contributed by atoms with van der Waals surface area (Å²) in [5.74, 6) is 0.779. The molecule has 0 saturated heterocycles. The average Bonchev–Trinajstić information content (AvgIpc) is 2.69. The quantitative estimate of drug-likeness (QED) is 0.773. The normalized spacial score (nSPS) is 11.7. The summed E-state index contributed by atoms with van der Waals surface area (Å²) >= 11 is 0. The van der Waals surface area contributed by atoms with E-state index >= 15 is 0 Å². The molecule has 26 heavy (non-hydrogen) atoms. The number of hydrogen-bond acceptors (Lipinski definition) is 3. The third-order valence-electron chi connectivity index (χ3n) is 4.50. The summed E-state index contributed by atoms with van der Waals surface area (Å²) in [5, 5.41) is 2.99. The number of methoxy groups -OCH3 is 1. The molecule has 0 saturated carbocycles. The van der Waals surface area contributed by atoms with E-state index in [9.17, 15) is 4.79 Å². The van der Waals surface area contributed by atoms with Crippen LogP contribution in [-0.2, 0) is 17.9 Å². The second-order valence-electron chi connectivity index (χ2n) is 6.09. The zero-order valence-corrected chi connectivity index (χ0v) is 16.0. The van der Waals surface area contributed by atoms with Crippen LogP contribution in [0.5, 0.6) is 5.75 Å². The first-order valence-electron chi connectivity index (χ1n) is 8.86. The number of nitrogens with one attached hydrogen (secondary N) is 1. The van der Waals surface area contributed by atoms with Gasteiger partial charge in [-0.05, 0) is 31.0 Å². The molecule has 0 unspecified atom stereocenters. The zero-order chi connectivity index (χ0) is 18.9. The van der Waals surface area contributed by atoms with Crippen molar-refractivity contribution in [1.29, 1.82) is 0 Å². The summed E-state index contributed by atoms with van der Waals surface area (Å²) in [6, 6.07) is 15.5. The Morgan fingerprint density at radius 3 is 2.46 bits per heavy atom. The molecule has 2 rings (SSSR count). The van der Waals surface area contributed by atoms with Crippen LogP contribution < -0.4 is 10.1 Å². The first kappa shape index (κ1) is 19.8. The summed E-state index contributed by atoms with van der Waals surface area (Å²) in [6.45, 7) is 5.64. The van der Waals surface area contributed by atoms with Gasteiger partial charge in [0.1, 0.15) is 5.75 Å². The van der Waals surface area contributed by atoms with Crippen LogP contribution in [-0.4, -0.2) is 31.7 Å². The highest BCUT2D eigenvalue weighted by Crippen LogP contribution is 2.28. The Kier molecular flexibility index (Phi) is 7.48. The third kappa shape index (κ3) is 4.99. The van der Waals surface area contributed by atoms with Crippen LogP contribution in [0.15, 0.2) is 48.5 Å². The summed E-state index contributed by atoms with van der Waals surface area (Å²) in [7, 11) is 3.43. The Balaban J connectivity index is 2.01. The lowest BCUT2D eigenvalue weighted by Crippen LogP contribution is -2.38. The first-order valence-corrected chi connectivity index (χ1v) is 8.86. The third-order valence-corrected chi connectivity index (χ3v) is 4.50. The molecule has 1 atom stereocenters. The fourth-order valence-corrected chi connectivity index (χ4v) is 2.77. The van der Waals surface area contributed by atoms with Crippen LogP contribution >= 0.6 is 0 Å². The van der Waals surface area contributed by atoms with Crippen LogP contribution in [0.3, 0.4) is 0 Å². The van der Waals surface area contributed by atoms with Gasteiger partial charge < -0.3 is 19.7 Å². The molecule has 0 aliphatic rings. The van der Waals surface area contributed by atoms with Crippen LogP contribution in [0, 0.1) is 0 Å². The maximum atomic E-state index is 12.6. The molecule has 0 heterocycles. The predicted octanol–water partition coefficient (Wildman–Crippen LogP) is 4.13. The van der Waals surface area contributed by atoms with Gasteiger partial charge in [0.15, 0.2) is 0 Å². The minimum atomic E-state index is -0.130. The van der Waals surface area contributed by atoms with E-state index in [2.05, 4.69) is 5.32 Å². The van der Waals surface area contributed by atoms with Crippen molar-refractivity contribution in [2.75, 3.05) is 20.8 Å². The molecular formula is C21H28N2O3. The number of carbonyl (C=O) groups is 1. The molecule has 0 radical (unpaired) electrons. The monoisotopic (exact) mass is 356 g/mol. The van der Waals surface area contributed by atoms with Crippen LogP contribution in [0.2, 0.25) is 0 Å². The van der Waals surface area contributed by atoms with Gasteiger partial charge in [0.25, 0.3) is 0 Å². The molecule has 1 N–H and O–H groups in total. The second kappa shape index (κ2) is 9.82. The van der Waals surface area contributed by atoms with E-state index in [0.717, 1.165) is 22.4 Å². The van der Waals surface area contributed by atoms with Gasteiger partial charge >= 0.3 is 6.03 Å². The van der Waals surface area contributed by atoms with Gasteiger partial charge in [-0.25, -0.2) is 4.79 Å². The SMILES string of the molecule is CCOCc1ccccc1CNC(=O)N(C)[C@@H](C)c1ccccc1OC. The highest BCUT2D eigenvalue weighted by atomic mass is 16.5. The molecule has 0 aliphatic heterocycles. The van der Waals surface area contributed by atoms with Crippen LogP contribution in [0.25, 0.3) is 0 Å². The van der Waals surface area contributed by atoms with Gasteiger partial charge in [0, 0.05) is 25.8 Å². The lowest BCUT2D eigenvalue weighted by Gasteiger charge is -2.27. The number of hydrogen-bond donors (Lipinski definition) is 1. The van der Waals surface area contributed by atoms with E-state index in [1.165, 1.54) is 0 Å². The minimum Gasteiger partial charge on any atom is -0.496 e. The molecule has 5 heteroatoms. The molecule has 0 bridgehead atoms. The largest absolute Gasteiger partial charge is 0.496 e. The predicted molar refractivity (Wildman–Crippen MR) is 103 cm³/mol. The van der Waals surface area contributed by atoms with Crippen molar-refractivity contribution in [2.24, 2.45) is 0 Å². The molecule has 5 nitrogen and oxygen atoms in total. The number of para-hydroxylation sites is 1. The van der Waals surface area contributed by atoms with Crippen molar-refractivity contribution in [3.63, 3.8) is 0 Å². The van der Waals surface area contributed by atoms with Crippen LogP contribution in [0.1, 0.15) is 36.6 Å². The lowest BCUT2D eigenvalue weighted by atomic mass is 10.1. The van der Waals surface area contributed by atoms with Crippen LogP contribution in [0.4, 0.5) is 4.79 Å². The Labute approximate surface area is 155 Å². The summed E-state index contributed by atoms with van der Waals surface area (Å²) in [4.78, 5) is 14.3. The van der Waals surface area contributed by atoms with E-state index in [0.29, 0.717) is 19.8 Å². The van der Waals surface area contributed by atoms with E-state index in [4.69, 9.17) is 9.47 Å². The second-order valence-corrected chi connectivity index (χ2v) is 6.09. The first-order chi connectivity index (χ1) is 12.6. The number of rotatable bonds is 8. The molecule has 0 aliphatic carbocycles. The van der Waals surface area contributed by atoms with Gasteiger partial charge in [-0.15, -0.1) is 0 Å². The van der Waals surface area contributed by atoms with Crippen molar-refractivity contribution >= 4 is 6.03 Å². The maximum Gasteiger partial charge on any atom is 0.317 e. The summed E-state index contributed by atoms with van der Waals surface area (Å²) in [5.41, 5.74) is 3.13. The Morgan fingerprint density at radius 2 is 1.77 bits per heavy atom. The van der Waals surface area contributed by atoms with Gasteiger partial charge in [0.05, 0.1) is 19.8 Å². The van der Waals surface area contributed by atoms with Gasteiger partial charge in [0.2, 0.25) is 0 Å². The molecule has 2 amide bonds. The van der Waals surface area contributed by atoms with Crippen molar-refractivity contribution < 1.29 is 14.3 Å². The lowest BCUT2D eigenvalue weighted by molar-refractivity contribution is 0.133. The number of nitrogens with zero attached hydrogens (tertiary/aromatic N) is 1. The Bertz CT molecular complexity index is 718. The average molecular weight is 356 g/mol. The fraction of sp³-hybridized carbons (Fsp3) is 0.381. The van der Waals surface area contributed by atoms with E-state index in [1.807, 2.05) is 62.4 Å². The topological polar surface area (TPSA) is 50.8 Å². The standard InChI is InChI=1S/C21H28N2O3/c1-5-26-15-18-11-7-6-10-17(18)14-22-21(24)23(3)16(2)19-12-8-9-13-20(19)25-4/h6-13,16H,5,14-15H2,1-4H3,(H,22,24)/t16-/m0/s1. The Hall–Kier alpha value is -2.53. The maximum absolute atomic E-state index is 12.6. The molecule has 0 aromatic heterocycles. The Morgan fingerprint density at radius 1 is 1.12 bits per heavy atom. The smallest absolute Gasteiger partial charge is 0.317 e. The number of benzene rings is 2. The number of urea groups is 1. The summed E-state index contributed by atoms with van der Waals surface area (Å²) in [6.07, 6.45) is 0. The number of amides is 2. The summed E-state index contributed by atoms with van der Waals surface area (Å²) < 4.78 is 10.9. The number of carbonyl (C=O) groups excluding carboxylic acids is 1. The number of ether oxygens (including phenoxy) is 2. The molecular weight excluding hydrogens is 328 g/mol. The van der Waals surface area contributed by atoms with Crippen molar-refractivity contribution in [2.45, 2.75) is 33.0 Å². The van der Waals surface area contributed by atoms with Gasteiger partial charge in [-0.1, -0.05) is 42.5 Å². The van der Waals surface area contributed by atoms with E-state index in [1.54, 1.807) is 19.1 Å². The minimum absolute atomic E-state index is 0.107.